The zero-order valence-electron chi connectivity index (χ0n) is 10.7. The molecular formula is C14H20O4. The van der Waals surface area contributed by atoms with E-state index in [9.17, 15) is 0 Å². The summed E-state index contributed by atoms with van der Waals surface area (Å²) in [7, 11) is 1.63. The minimum absolute atomic E-state index is 0.0945. The van der Waals surface area contributed by atoms with Crippen LogP contribution in [0.5, 0.6) is 11.5 Å². The molecule has 0 aromatic heterocycles. The Kier molecular flexibility index (Phi) is 4.84. The van der Waals surface area contributed by atoms with Gasteiger partial charge in [-0.15, -0.1) is 0 Å². The maximum absolute atomic E-state index is 9.04. The summed E-state index contributed by atoms with van der Waals surface area (Å²) in [5.74, 6) is 1.45. The predicted octanol–water partition coefficient (Wildman–Crippen LogP) is 1.79. The first-order valence-corrected chi connectivity index (χ1v) is 6.36. The molecule has 0 saturated carbocycles. The number of aliphatic hydroxyl groups excluding tert-OH is 1. The zero-order valence-corrected chi connectivity index (χ0v) is 10.7. The van der Waals surface area contributed by atoms with Gasteiger partial charge in [-0.2, -0.15) is 0 Å². The number of aliphatic hydroxyl groups is 1. The first kappa shape index (κ1) is 13.2. The van der Waals surface area contributed by atoms with Crippen LogP contribution >= 0.6 is 0 Å². The van der Waals surface area contributed by atoms with E-state index in [-0.39, 0.29) is 12.7 Å². The van der Waals surface area contributed by atoms with E-state index in [1.807, 2.05) is 18.2 Å². The third kappa shape index (κ3) is 3.15. The van der Waals surface area contributed by atoms with E-state index >= 15 is 0 Å². The molecule has 1 aliphatic rings. The molecule has 0 bridgehead atoms. The normalized spacial score (nSPS) is 19.6. The summed E-state index contributed by atoms with van der Waals surface area (Å²) in [5.41, 5.74) is 0.967. The van der Waals surface area contributed by atoms with E-state index in [0.717, 1.165) is 36.5 Å². The highest BCUT2D eigenvalue weighted by atomic mass is 16.5. The minimum Gasteiger partial charge on any atom is -0.493 e. The van der Waals surface area contributed by atoms with Crippen LogP contribution < -0.4 is 9.47 Å². The SMILES string of the molecule is COc1c(CCO)cccc1OC1CCCOC1. The van der Waals surface area contributed by atoms with Gasteiger partial charge >= 0.3 is 0 Å². The maximum Gasteiger partial charge on any atom is 0.164 e. The van der Waals surface area contributed by atoms with Gasteiger partial charge in [-0.1, -0.05) is 12.1 Å². The lowest BCUT2D eigenvalue weighted by Gasteiger charge is -2.24. The van der Waals surface area contributed by atoms with Crippen LogP contribution in [0.1, 0.15) is 18.4 Å². The van der Waals surface area contributed by atoms with Gasteiger partial charge < -0.3 is 19.3 Å². The van der Waals surface area contributed by atoms with Crippen molar-refractivity contribution in [1.29, 1.82) is 0 Å². The van der Waals surface area contributed by atoms with Crippen molar-refractivity contribution in [2.24, 2.45) is 0 Å². The number of para-hydroxylation sites is 1. The molecule has 1 aliphatic heterocycles. The van der Waals surface area contributed by atoms with E-state index in [2.05, 4.69) is 0 Å². The third-order valence-corrected chi connectivity index (χ3v) is 3.06. The number of benzene rings is 1. The van der Waals surface area contributed by atoms with Crippen LogP contribution in [0.25, 0.3) is 0 Å². The molecule has 100 valence electrons. The second-order valence-electron chi connectivity index (χ2n) is 4.38. The lowest BCUT2D eigenvalue weighted by Crippen LogP contribution is -2.28. The first-order valence-electron chi connectivity index (χ1n) is 6.36. The molecule has 0 spiro atoms. The molecule has 1 fully saturated rings. The van der Waals surface area contributed by atoms with Gasteiger partial charge in [-0.3, -0.25) is 0 Å². The molecule has 1 atom stereocenters. The molecular weight excluding hydrogens is 232 g/mol. The van der Waals surface area contributed by atoms with E-state index in [0.29, 0.717) is 13.0 Å². The smallest absolute Gasteiger partial charge is 0.164 e. The highest BCUT2D eigenvalue weighted by Gasteiger charge is 2.18. The van der Waals surface area contributed by atoms with E-state index in [4.69, 9.17) is 19.3 Å². The predicted molar refractivity (Wildman–Crippen MR) is 68.3 cm³/mol. The molecule has 1 unspecified atom stereocenters. The summed E-state index contributed by atoms with van der Waals surface area (Å²) >= 11 is 0. The number of hydrogen-bond donors (Lipinski definition) is 1. The molecule has 2 rings (SSSR count). The van der Waals surface area contributed by atoms with Crippen LogP contribution in [-0.4, -0.2) is 38.1 Å². The van der Waals surface area contributed by atoms with Gasteiger partial charge in [0.2, 0.25) is 0 Å². The van der Waals surface area contributed by atoms with Crippen molar-refractivity contribution in [3.05, 3.63) is 23.8 Å². The average molecular weight is 252 g/mol. The van der Waals surface area contributed by atoms with Crippen LogP contribution in [0.2, 0.25) is 0 Å². The van der Waals surface area contributed by atoms with Crippen molar-refractivity contribution in [3.63, 3.8) is 0 Å². The van der Waals surface area contributed by atoms with Gasteiger partial charge in [0.1, 0.15) is 6.10 Å². The molecule has 0 amide bonds. The molecule has 1 aromatic carbocycles. The number of methoxy groups -OCH3 is 1. The molecule has 18 heavy (non-hydrogen) atoms. The van der Waals surface area contributed by atoms with Gasteiger partial charge in [-0.25, -0.2) is 0 Å². The van der Waals surface area contributed by atoms with Crippen LogP contribution in [-0.2, 0) is 11.2 Å². The molecule has 1 N–H and O–H groups in total. The highest BCUT2D eigenvalue weighted by molar-refractivity contribution is 5.46. The Bertz CT molecular complexity index is 372. The monoisotopic (exact) mass is 252 g/mol. The second-order valence-corrected chi connectivity index (χ2v) is 4.38. The maximum atomic E-state index is 9.04. The molecule has 4 nitrogen and oxygen atoms in total. The van der Waals surface area contributed by atoms with Crippen molar-refractivity contribution in [2.45, 2.75) is 25.4 Å². The molecule has 1 heterocycles. The van der Waals surface area contributed by atoms with Crippen LogP contribution in [0.3, 0.4) is 0 Å². The fraction of sp³-hybridized carbons (Fsp3) is 0.571. The van der Waals surface area contributed by atoms with Crippen LogP contribution in [0.15, 0.2) is 18.2 Å². The van der Waals surface area contributed by atoms with Crippen molar-refractivity contribution < 1.29 is 19.3 Å². The molecule has 1 aromatic rings. The summed E-state index contributed by atoms with van der Waals surface area (Å²) in [4.78, 5) is 0. The lowest BCUT2D eigenvalue weighted by molar-refractivity contribution is 0.00638. The van der Waals surface area contributed by atoms with Gasteiger partial charge in [0.05, 0.1) is 13.7 Å². The van der Waals surface area contributed by atoms with Crippen molar-refractivity contribution in [1.82, 2.24) is 0 Å². The average Bonchev–Trinajstić information content (AvgIpc) is 2.41. The summed E-state index contributed by atoms with van der Waals surface area (Å²) < 4.78 is 16.7. The van der Waals surface area contributed by atoms with Gasteiger partial charge in [0.25, 0.3) is 0 Å². The van der Waals surface area contributed by atoms with Crippen LogP contribution in [0, 0.1) is 0 Å². The Morgan fingerprint density at radius 3 is 3.00 bits per heavy atom. The number of hydrogen-bond acceptors (Lipinski definition) is 4. The Morgan fingerprint density at radius 1 is 1.44 bits per heavy atom. The molecule has 0 radical (unpaired) electrons. The summed E-state index contributed by atoms with van der Waals surface area (Å²) in [6, 6.07) is 5.76. The van der Waals surface area contributed by atoms with E-state index in [1.165, 1.54) is 0 Å². The Morgan fingerprint density at radius 2 is 2.33 bits per heavy atom. The standard InChI is InChI=1S/C14H20O4/c1-16-14-11(7-8-15)4-2-6-13(14)18-12-5-3-9-17-10-12/h2,4,6,12,15H,3,5,7-10H2,1H3. The summed E-state index contributed by atoms with van der Waals surface area (Å²) in [5, 5.41) is 9.04. The molecule has 0 aliphatic carbocycles. The Balaban J connectivity index is 2.12. The molecule has 1 saturated heterocycles. The van der Waals surface area contributed by atoms with Crippen molar-refractivity contribution >= 4 is 0 Å². The zero-order chi connectivity index (χ0) is 12.8. The van der Waals surface area contributed by atoms with E-state index in [1.54, 1.807) is 7.11 Å². The first-order chi connectivity index (χ1) is 8.85. The summed E-state index contributed by atoms with van der Waals surface area (Å²) in [6.07, 6.45) is 2.70. The van der Waals surface area contributed by atoms with Gasteiger partial charge in [0, 0.05) is 18.8 Å². The van der Waals surface area contributed by atoms with Gasteiger partial charge in [-0.05, 0) is 25.3 Å². The quantitative estimate of drug-likeness (QED) is 0.868. The number of rotatable bonds is 5. The fourth-order valence-corrected chi connectivity index (χ4v) is 2.19. The Labute approximate surface area is 107 Å². The third-order valence-electron chi connectivity index (χ3n) is 3.06. The summed E-state index contributed by atoms with van der Waals surface area (Å²) in [6.45, 7) is 1.56. The topological polar surface area (TPSA) is 47.9 Å². The van der Waals surface area contributed by atoms with Gasteiger partial charge in [0.15, 0.2) is 11.5 Å². The van der Waals surface area contributed by atoms with Crippen molar-refractivity contribution in [2.75, 3.05) is 26.9 Å². The van der Waals surface area contributed by atoms with Crippen molar-refractivity contribution in [3.8, 4) is 11.5 Å². The number of ether oxygens (including phenoxy) is 3. The van der Waals surface area contributed by atoms with Crippen LogP contribution in [0.4, 0.5) is 0 Å². The largest absolute Gasteiger partial charge is 0.493 e. The lowest BCUT2D eigenvalue weighted by atomic mass is 10.1. The molecule has 4 heteroatoms. The fourth-order valence-electron chi connectivity index (χ4n) is 2.19. The minimum atomic E-state index is 0.0945. The second kappa shape index (κ2) is 6.61. The Hall–Kier alpha value is -1.26. The van der Waals surface area contributed by atoms with E-state index < -0.39 is 0 Å². The highest BCUT2D eigenvalue weighted by Crippen LogP contribution is 2.32.